The minimum absolute atomic E-state index is 0.0730. The highest BCUT2D eigenvalue weighted by Gasteiger charge is 2.25. The second-order valence-electron chi connectivity index (χ2n) is 6.26. The normalized spacial score (nSPS) is 13.8. The van der Waals surface area contributed by atoms with Gasteiger partial charge in [-0.2, -0.15) is 0 Å². The molecule has 1 saturated heterocycles. The van der Waals surface area contributed by atoms with Crippen LogP contribution in [0.3, 0.4) is 0 Å². The lowest BCUT2D eigenvalue weighted by molar-refractivity contribution is -0.116. The molecule has 2 amide bonds. The number of carbonyl (C=O) groups excluding carboxylic acids is 2. The van der Waals surface area contributed by atoms with Gasteiger partial charge >= 0.3 is 6.09 Å². The number of hydrogen-bond acceptors (Lipinski definition) is 5. The monoisotopic (exact) mass is 381 g/mol. The number of ether oxygens (including phenoxy) is 1. The molecule has 0 saturated carbocycles. The molecular formula is C20H19N3O3S. The minimum Gasteiger partial charge on any atom is -0.447 e. The van der Waals surface area contributed by atoms with Gasteiger partial charge in [0.25, 0.3) is 0 Å². The van der Waals surface area contributed by atoms with Gasteiger partial charge in [0.1, 0.15) is 6.61 Å². The summed E-state index contributed by atoms with van der Waals surface area (Å²) in [5.41, 5.74) is 2.30. The fourth-order valence-electron chi connectivity index (χ4n) is 3.07. The molecule has 138 valence electrons. The summed E-state index contributed by atoms with van der Waals surface area (Å²) in [5, 5.41) is 3.96. The van der Waals surface area contributed by atoms with Gasteiger partial charge in [-0.3, -0.25) is 9.69 Å². The molecule has 1 aliphatic rings. The zero-order valence-electron chi connectivity index (χ0n) is 14.7. The van der Waals surface area contributed by atoms with E-state index in [2.05, 4.69) is 16.4 Å². The summed E-state index contributed by atoms with van der Waals surface area (Å²) in [5.74, 6) is -0.0730. The minimum atomic E-state index is -0.382. The second-order valence-corrected chi connectivity index (χ2v) is 7.38. The van der Waals surface area contributed by atoms with Crippen LogP contribution in [0.25, 0.3) is 10.2 Å². The van der Waals surface area contributed by atoms with Crippen molar-refractivity contribution in [1.29, 1.82) is 0 Å². The Morgan fingerprint density at radius 3 is 2.81 bits per heavy atom. The van der Waals surface area contributed by atoms with Crippen LogP contribution in [0, 0.1) is 0 Å². The first-order valence-corrected chi connectivity index (χ1v) is 9.70. The number of fused-ring (bicyclic) bond motifs is 1. The summed E-state index contributed by atoms with van der Waals surface area (Å²) in [6.45, 7) is 0.854. The van der Waals surface area contributed by atoms with Gasteiger partial charge in [-0.25, -0.2) is 9.78 Å². The molecule has 1 fully saturated rings. The molecule has 0 bridgehead atoms. The van der Waals surface area contributed by atoms with Crippen LogP contribution in [0.15, 0.2) is 48.5 Å². The van der Waals surface area contributed by atoms with E-state index < -0.39 is 0 Å². The Morgan fingerprint density at radius 1 is 1.19 bits per heavy atom. The van der Waals surface area contributed by atoms with Crippen molar-refractivity contribution >= 4 is 44.9 Å². The summed E-state index contributed by atoms with van der Waals surface area (Å²) >= 11 is 1.67. The number of nitrogens with zero attached hydrogens (tertiary/aromatic N) is 2. The molecule has 0 atom stereocenters. The molecule has 3 aromatic rings. The first-order chi connectivity index (χ1) is 13.2. The summed E-state index contributed by atoms with van der Waals surface area (Å²) < 4.78 is 6.16. The Hall–Kier alpha value is -2.93. The van der Waals surface area contributed by atoms with Crippen LogP contribution in [-0.2, 0) is 16.0 Å². The maximum absolute atomic E-state index is 12.4. The van der Waals surface area contributed by atoms with Crippen molar-refractivity contribution in [3.63, 3.8) is 0 Å². The number of nitrogens with one attached hydrogen (secondary N) is 1. The van der Waals surface area contributed by atoms with Gasteiger partial charge in [0.15, 0.2) is 0 Å². The van der Waals surface area contributed by atoms with E-state index in [-0.39, 0.29) is 12.0 Å². The Labute approximate surface area is 160 Å². The third kappa shape index (κ3) is 3.93. The van der Waals surface area contributed by atoms with E-state index in [1.165, 1.54) is 9.60 Å². The molecule has 0 unspecified atom stereocenters. The molecule has 1 N–H and O–H groups in total. The number of para-hydroxylation sites is 3. The molecule has 2 heterocycles. The molecule has 1 aliphatic heterocycles. The number of rotatable bonds is 6. The van der Waals surface area contributed by atoms with Crippen molar-refractivity contribution in [2.75, 3.05) is 23.4 Å². The lowest BCUT2D eigenvalue weighted by atomic mass is 10.2. The molecule has 27 heavy (non-hydrogen) atoms. The van der Waals surface area contributed by atoms with Crippen molar-refractivity contribution in [2.24, 2.45) is 0 Å². The average molecular weight is 381 g/mol. The maximum Gasteiger partial charge on any atom is 0.414 e. The van der Waals surface area contributed by atoms with Crippen molar-refractivity contribution in [1.82, 2.24) is 4.98 Å². The summed E-state index contributed by atoms with van der Waals surface area (Å²) in [6, 6.07) is 15.3. The molecule has 2 aromatic carbocycles. The third-order valence-corrected chi connectivity index (χ3v) is 5.46. The molecule has 4 rings (SSSR count). The fraction of sp³-hybridized carbons (Fsp3) is 0.250. The standard InChI is InChI=1S/C20H19N3O3S/c24-18(10-5-11-19-22-15-7-2-4-9-17(15)27-19)21-14-6-1-3-8-16(14)23-12-13-26-20(23)25/h1-4,6-9H,5,10-13H2,(H,21,24). The maximum atomic E-state index is 12.4. The van der Waals surface area contributed by atoms with Crippen LogP contribution in [0.5, 0.6) is 0 Å². The summed E-state index contributed by atoms with van der Waals surface area (Å²) in [7, 11) is 0. The van der Waals surface area contributed by atoms with Crippen molar-refractivity contribution in [2.45, 2.75) is 19.3 Å². The fourth-order valence-corrected chi connectivity index (χ4v) is 4.08. The van der Waals surface area contributed by atoms with Gasteiger partial charge in [-0.15, -0.1) is 11.3 Å². The van der Waals surface area contributed by atoms with Gasteiger partial charge in [0.05, 0.1) is 33.1 Å². The van der Waals surface area contributed by atoms with Crippen molar-refractivity contribution < 1.29 is 14.3 Å². The smallest absolute Gasteiger partial charge is 0.414 e. The molecular weight excluding hydrogens is 362 g/mol. The zero-order chi connectivity index (χ0) is 18.6. The number of cyclic esters (lactones) is 1. The number of benzene rings is 2. The van der Waals surface area contributed by atoms with Crippen molar-refractivity contribution in [3.05, 3.63) is 53.5 Å². The van der Waals surface area contributed by atoms with Crippen molar-refractivity contribution in [3.8, 4) is 0 Å². The highest BCUT2D eigenvalue weighted by atomic mass is 32.1. The Kier molecular flexibility index (Phi) is 5.02. The van der Waals surface area contributed by atoms with E-state index >= 15 is 0 Å². The largest absolute Gasteiger partial charge is 0.447 e. The van der Waals surface area contributed by atoms with Gasteiger partial charge in [0, 0.05) is 6.42 Å². The van der Waals surface area contributed by atoms with Crippen LogP contribution >= 0.6 is 11.3 Å². The molecule has 7 heteroatoms. The lowest BCUT2D eigenvalue weighted by Gasteiger charge is -2.17. The Balaban J connectivity index is 1.35. The van der Waals surface area contributed by atoms with E-state index in [1.807, 2.05) is 36.4 Å². The van der Waals surface area contributed by atoms with Crippen LogP contribution in [0.2, 0.25) is 0 Å². The van der Waals surface area contributed by atoms with Gasteiger partial charge < -0.3 is 10.1 Å². The number of thiazole rings is 1. The topological polar surface area (TPSA) is 71.5 Å². The first-order valence-electron chi connectivity index (χ1n) is 8.88. The average Bonchev–Trinajstić information content (AvgIpc) is 3.27. The third-order valence-electron chi connectivity index (χ3n) is 4.36. The lowest BCUT2D eigenvalue weighted by Crippen LogP contribution is -2.25. The van der Waals surface area contributed by atoms with Crippen LogP contribution in [-0.4, -0.2) is 30.1 Å². The number of aromatic nitrogens is 1. The zero-order valence-corrected chi connectivity index (χ0v) is 15.5. The number of amides is 2. The van der Waals surface area contributed by atoms with E-state index in [0.717, 1.165) is 23.4 Å². The first kappa shape index (κ1) is 17.5. The molecule has 1 aromatic heterocycles. The van der Waals surface area contributed by atoms with E-state index in [0.29, 0.717) is 30.9 Å². The Bertz CT molecular complexity index is 952. The van der Waals surface area contributed by atoms with E-state index in [4.69, 9.17) is 4.74 Å². The number of anilines is 2. The highest BCUT2D eigenvalue weighted by molar-refractivity contribution is 7.18. The number of hydrogen-bond donors (Lipinski definition) is 1. The predicted molar refractivity (Wildman–Crippen MR) is 106 cm³/mol. The van der Waals surface area contributed by atoms with Crippen LogP contribution in [0.1, 0.15) is 17.8 Å². The van der Waals surface area contributed by atoms with Gasteiger partial charge in [0.2, 0.25) is 5.91 Å². The quantitative estimate of drug-likeness (QED) is 0.694. The second kappa shape index (κ2) is 7.75. The molecule has 0 aliphatic carbocycles. The Morgan fingerprint density at radius 2 is 2.00 bits per heavy atom. The molecule has 0 radical (unpaired) electrons. The number of aryl methyl sites for hydroxylation is 1. The summed E-state index contributed by atoms with van der Waals surface area (Å²) in [4.78, 5) is 30.3. The highest BCUT2D eigenvalue weighted by Crippen LogP contribution is 2.28. The van der Waals surface area contributed by atoms with E-state index in [1.54, 1.807) is 17.4 Å². The van der Waals surface area contributed by atoms with Gasteiger partial charge in [-0.05, 0) is 37.1 Å². The van der Waals surface area contributed by atoms with E-state index in [9.17, 15) is 9.59 Å². The predicted octanol–water partition coefficient (Wildman–Crippen LogP) is 4.21. The SMILES string of the molecule is O=C(CCCc1nc2ccccc2s1)Nc1ccccc1N1CCOC1=O. The molecule has 6 nitrogen and oxygen atoms in total. The van der Waals surface area contributed by atoms with Crippen LogP contribution in [0.4, 0.5) is 16.2 Å². The number of carbonyl (C=O) groups is 2. The van der Waals surface area contributed by atoms with Crippen LogP contribution < -0.4 is 10.2 Å². The molecule has 0 spiro atoms. The van der Waals surface area contributed by atoms with Gasteiger partial charge in [-0.1, -0.05) is 24.3 Å². The summed E-state index contributed by atoms with van der Waals surface area (Å²) in [6.07, 6.45) is 1.51.